The summed E-state index contributed by atoms with van der Waals surface area (Å²) in [5.41, 5.74) is 18.6. The summed E-state index contributed by atoms with van der Waals surface area (Å²) >= 11 is 0. The number of amidine groups is 1. The molecular weight excluding hydrogens is 270 g/mol. The van der Waals surface area contributed by atoms with Crippen molar-refractivity contribution < 1.29 is 4.74 Å². The third-order valence-corrected chi connectivity index (χ3v) is 2.61. The minimum atomic E-state index is -0.849. The molecule has 0 saturated carbocycles. The number of ether oxygens (including phenoxy) is 1. The van der Waals surface area contributed by atoms with Gasteiger partial charge in [0.1, 0.15) is 17.2 Å². The summed E-state index contributed by atoms with van der Waals surface area (Å²) in [5, 5.41) is 7.91. The zero-order valence-electron chi connectivity index (χ0n) is 12.0. The molecule has 0 aromatic heterocycles. The molecule has 0 spiro atoms. The molecule has 1 heterocycles. The summed E-state index contributed by atoms with van der Waals surface area (Å²) in [6.07, 6.45) is -0.849. The van der Waals surface area contributed by atoms with Crippen molar-refractivity contribution in [2.75, 3.05) is 20.6 Å². The molecule has 0 bridgehead atoms. The van der Waals surface area contributed by atoms with Crippen LogP contribution in [0.4, 0.5) is 5.69 Å². The van der Waals surface area contributed by atoms with Crippen molar-refractivity contribution in [1.82, 2.24) is 4.90 Å². The average molecular weight is 289 g/mol. The molecule has 2 rings (SSSR count). The van der Waals surface area contributed by atoms with Crippen LogP contribution in [0.2, 0.25) is 0 Å². The van der Waals surface area contributed by atoms with E-state index in [1.807, 2.05) is 19.0 Å². The van der Waals surface area contributed by atoms with E-state index >= 15 is 0 Å². The Bertz CT molecular complexity index is 587. The Hall–Kier alpha value is -2.29. The fourth-order valence-corrected chi connectivity index (χ4v) is 1.77. The first-order valence-electron chi connectivity index (χ1n) is 6.38. The summed E-state index contributed by atoms with van der Waals surface area (Å²) < 4.78 is 5.16. The molecule has 0 unspecified atom stereocenters. The number of hydrogen-bond donors (Lipinski definition) is 3. The van der Waals surface area contributed by atoms with Crippen molar-refractivity contribution in [2.45, 2.75) is 6.35 Å². The molecule has 112 valence electrons. The van der Waals surface area contributed by atoms with Gasteiger partial charge in [-0.15, -0.1) is 10.2 Å². The highest BCUT2D eigenvalue weighted by Gasteiger charge is 2.20. The van der Waals surface area contributed by atoms with Crippen molar-refractivity contribution >= 4 is 22.9 Å². The van der Waals surface area contributed by atoms with Gasteiger partial charge in [-0.1, -0.05) is 0 Å². The minimum absolute atomic E-state index is 0.316. The molecule has 1 aliphatic rings. The van der Waals surface area contributed by atoms with Gasteiger partial charge in [0, 0.05) is 6.54 Å². The van der Waals surface area contributed by atoms with E-state index in [1.165, 1.54) is 0 Å². The lowest BCUT2D eigenvalue weighted by atomic mass is 10.2. The molecule has 8 nitrogen and oxygen atoms in total. The summed E-state index contributed by atoms with van der Waals surface area (Å²) in [6.45, 7) is 0.617. The van der Waals surface area contributed by atoms with Gasteiger partial charge >= 0.3 is 0 Å². The van der Waals surface area contributed by atoms with Crippen molar-refractivity contribution in [3.05, 3.63) is 24.3 Å². The second-order valence-corrected chi connectivity index (χ2v) is 4.81. The number of nitrogens with zero attached hydrogens (tertiary/aromatic N) is 4. The van der Waals surface area contributed by atoms with Gasteiger partial charge in [-0.2, -0.15) is 0 Å². The van der Waals surface area contributed by atoms with Crippen LogP contribution in [0, 0.1) is 0 Å². The van der Waals surface area contributed by atoms with Crippen LogP contribution in [0.5, 0.6) is 5.75 Å². The monoisotopic (exact) mass is 289 g/mol. The summed E-state index contributed by atoms with van der Waals surface area (Å²) in [6, 6.07) is 7.03. The summed E-state index contributed by atoms with van der Waals surface area (Å²) in [5.74, 6) is 0.889. The highest BCUT2D eigenvalue weighted by Crippen LogP contribution is 2.19. The molecule has 1 aromatic rings. The van der Waals surface area contributed by atoms with Crippen LogP contribution in [-0.2, 0) is 0 Å². The zero-order valence-corrected chi connectivity index (χ0v) is 12.0. The van der Waals surface area contributed by atoms with Crippen LogP contribution in [0.3, 0.4) is 0 Å². The van der Waals surface area contributed by atoms with Gasteiger partial charge in [0.05, 0.1) is 5.69 Å². The van der Waals surface area contributed by atoms with E-state index in [9.17, 15) is 0 Å². The third kappa shape index (κ3) is 4.09. The molecule has 0 saturated heterocycles. The fourth-order valence-electron chi connectivity index (χ4n) is 1.77. The first-order chi connectivity index (χ1) is 9.95. The Morgan fingerprint density at radius 1 is 1.19 bits per heavy atom. The lowest BCUT2D eigenvalue weighted by molar-refractivity contribution is 0.217. The fraction of sp³-hybridized carbons (Fsp3) is 0.308. The lowest BCUT2D eigenvalue weighted by Crippen LogP contribution is -2.36. The third-order valence-electron chi connectivity index (χ3n) is 2.61. The maximum absolute atomic E-state index is 5.82. The van der Waals surface area contributed by atoms with E-state index in [-0.39, 0.29) is 0 Å². The molecule has 1 aromatic carbocycles. The van der Waals surface area contributed by atoms with Crippen LogP contribution < -0.4 is 21.9 Å². The molecule has 0 aliphatic carbocycles. The van der Waals surface area contributed by atoms with Gasteiger partial charge in [0.25, 0.3) is 0 Å². The summed E-state index contributed by atoms with van der Waals surface area (Å²) in [7, 11) is 3.88. The Balaban J connectivity index is 2.17. The first-order valence-corrected chi connectivity index (χ1v) is 6.38. The van der Waals surface area contributed by atoms with Gasteiger partial charge in [-0.3, -0.25) is 11.5 Å². The largest absolute Gasteiger partial charge is 0.463 e. The van der Waals surface area contributed by atoms with Crippen LogP contribution >= 0.6 is 0 Å². The molecule has 1 aliphatic heterocycles. The number of hydrogen-bond acceptors (Lipinski definition) is 8. The molecular formula is C13H19N7O. The highest BCUT2D eigenvalue weighted by molar-refractivity contribution is 6.70. The number of aliphatic imine (C=N–C) groups is 1. The minimum Gasteiger partial charge on any atom is -0.463 e. The Morgan fingerprint density at radius 3 is 2.43 bits per heavy atom. The van der Waals surface area contributed by atoms with Crippen molar-refractivity contribution in [3.63, 3.8) is 0 Å². The molecule has 0 amide bonds. The molecule has 6 N–H and O–H groups in total. The van der Waals surface area contributed by atoms with Crippen LogP contribution in [0.25, 0.3) is 0 Å². The second kappa shape index (κ2) is 6.44. The zero-order chi connectivity index (χ0) is 15.4. The van der Waals surface area contributed by atoms with Crippen LogP contribution in [0.1, 0.15) is 0 Å². The van der Waals surface area contributed by atoms with E-state index in [0.717, 1.165) is 11.4 Å². The van der Waals surface area contributed by atoms with E-state index in [2.05, 4.69) is 15.2 Å². The predicted molar refractivity (Wildman–Crippen MR) is 83.9 cm³/mol. The lowest BCUT2D eigenvalue weighted by Gasteiger charge is -2.10. The predicted octanol–water partition coefficient (Wildman–Crippen LogP) is -0.373. The second-order valence-electron chi connectivity index (χ2n) is 4.81. The number of nitrogens with two attached hydrogens (primary N) is 3. The van der Waals surface area contributed by atoms with Gasteiger partial charge in [0.2, 0.25) is 6.35 Å². The Kier molecular flexibility index (Phi) is 4.63. The van der Waals surface area contributed by atoms with E-state index < -0.39 is 6.35 Å². The molecule has 0 atom stereocenters. The van der Waals surface area contributed by atoms with Crippen molar-refractivity contribution in [1.29, 1.82) is 0 Å². The Morgan fingerprint density at radius 2 is 1.86 bits per heavy atom. The van der Waals surface area contributed by atoms with E-state index in [0.29, 0.717) is 23.8 Å². The topological polar surface area (TPSA) is 128 Å². The normalized spacial score (nSPS) is 16.6. The standard InChI is InChI=1S/C13H19N7O/c1-20(2)7-10-11(12(14)19-18-10)17-8-3-5-9(6-4-8)21-13(15)16/h3-6,13H,7,15-16H2,1-2H3,(H2,14,17,19). The van der Waals surface area contributed by atoms with E-state index in [4.69, 9.17) is 21.9 Å². The molecule has 8 heteroatoms. The first kappa shape index (κ1) is 15.1. The highest BCUT2D eigenvalue weighted by atomic mass is 16.5. The van der Waals surface area contributed by atoms with Crippen LogP contribution in [-0.4, -0.2) is 49.2 Å². The maximum Gasteiger partial charge on any atom is 0.201 e. The van der Waals surface area contributed by atoms with Gasteiger partial charge < -0.3 is 15.4 Å². The SMILES string of the molecule is CN(C)CC1=NN=C(N)C1=Nc1ccc(OC(N)N)cc1. The number of rotatable bonds is 5. The van der Waals surface area contributed by atoms with Crippen molar-refractivity contribution in [2.24, 2.45) is 32.4 Å². The summed E-state index contributed by atoms with van der Waals surface area (Å²) in [4.78, 5) is 6.45. The average Bonchev–Trinajstić information content (AvgIpc) is 2.72. The maximum atomic E-state index is 5.82. The smallest absolute Gasteiger partial charge is 0.201 e. The van der Waals surface area contributed by atoms with E-state index in [1.54, 1.807) is 24.3 Å². The van der Waals surface area contributed by atoms with Gasteiger partial charge in [-0.05, 0) is 38.4 Å². The van der Waals surface area contributed by atoms with Gasteiger partial charge in [-0.25, -0.2) is 4.99 Å². The number of benzene rings is 1. The van der Waals surface area contributed by atoms with Crippen molar-refractivity contribution in [3.8, 4) is 5.75 Å². The Labute approximate surface area is 123 Å². The molecule has 0 radical (unpaired) electrons. The molecule has 21 heavy (non-hydrogen) atoms. The van der Waals surface area contributed by atoms with Crippen LogP contribution in [0.15, 0.2) is 39.5 Å². The quantitative estimate of drug-likeness (QED) is 0.637. The van der Waals surface area contributed by atoms with Gasteiger partial charge in [0.15, 0.2) is 5.84 Å². The molecule has 0 fully saturated rings.